The molecule has 1 saturated heterocycles. The molecule has 0 saturated carbocycles. The summed E-state index contributed by atoms with van der Waals surface area (Å²) in [7, 11) is 0. The molecule has 1 atom stereocenters. The van der Waals surface area contributed by atoms with Crippen LogP contribution in [0.15, 0.2) is 78.0 Å². The molecule has 2 heterocycles. The maximum absolute atomic E-state index is 12.9. The maximum Gasteiger partial charge on any atom is 0.573 e. The molecule has 42 heavy (non-hydrogen) atoms. The lowest BCUT2D eigenvalue weighted by molar-refractivity contribution is -0.274. The van der Waals surface area contributed by atoms with Crippen molar-refractivity contribution in [2.45, 2.75) is 53.4 Å². The SMILES string of the molecule is CC.Cc1cccc(C)c1N1C(=NC(=O)Cc2ccc(-c3ncn(-c4ccc(OC(F)(F)F)cc4)n3)cc2)SCC1C. The smallest absolute Gasteiger partial charge is 0.406 e. The number of halogens is 3. The molecule has 0 bridgehead atoms. The summed E-state index contributed by atoms with van der Waals surface area (Å²) in [6.45, 7) is 10.3. The molecule has 1 aliphatic rings. The first-order valence-electron chi connectivity index (χ1n) is 13.5. The van der Waals surface area contributed by atoms with Crippen molar-refractivity contribution in [3.05, 3.63) is 89.7 Å². The quantitative estimate of drug-likeness (QED) is 0.229. The van der Waals surface area contributed by atoms with Crippen LogP contribution in [0, 0.1) is 13.8 Å². The second-order valence-electron chi connectivity index (χ2n) is 9.49. The van der Waals surface area contributed by atoms with Gasteiger partial charge >= 0.3 is 6.36 Å². The van der Waals surface area contributed by atoms with E-state index in [2.05, 4.69) is 57.6 Å². The van der Waals surface area contributed by atoms with Crippen LogP contribution in [0.25, 0.3) is 17.1 Å². The molecule has 220 valence electrons. The highest BCUT2D eigenvalue weighted by Gasteiger charge is 2.31. The van der Waals surface area contributed by atoms with E-state index < -0.39 is 6.36 Å². The highest BCUT2D eigenvalue weighted by molar-refractivity contribution is 8.14. The van der Waals surface area contributed by atoms with Gasteiger partial charge in [-0.05, 0) is 61.7 Å². The number of aliphatic imine (C=N–C) groups is 1. The van der Waals surface area contributed by atoms with Gasteiger partial charge in [0.1, 0.15) is 12.1 Å². The van der Waals surface area contributed by atoms with Crippen molar-refractivity contribution in [2.75, 3.05) is 10.7 Å². The minimum Gasteiger partial charge on any atom is -0.406 e. The van der Waals surface area contributed by atoms with Gasteiger partial charge in [0.25, 0.3) is 5.91 Å². The molecule has 4 aromatic rings. The molecule has 5 rings (SSSR count). The predicted octanol–water partition coefficient (Wildman–Crippen LogP) is 7.54. The molecular weight excluding hydrogens is 563 g/mol. The fourth-order valence-electron chi connectivity index (χ4n) is 4.53. The second-order valence-corrected chi connectivity index (χ2v) is 10.5. The van der Waals surface area contributed by atoms with Crippen LogP contribution in [-0.4, -0.2) is 44.0 Å². The van der Waals surface area contributed by atoms with Gasteiger partial charge in [0.15, 0.2) is 11.0 Å². The summed E-state index contributed by atoms with van der Waals surface area (Å²) in [6.07, 6.45) is -3.11. The van der Waals surface area contributed by atoms with E-state index in [1.807, 2.05) is 44.2 Å². The number of aromatic nitrogens is 3. The number of carbonyl (C=O) groups is 1. The van der Waals surface area contributed by atoms with Gasteiger partial charge in [0.2, 0.25) is 0 Å². The summed E-state index contributed by atoms with van der Waals surface area (Å²) in [4.78, 5) is 23.9. The molecule has 3 aromatic carbocycles. The number of aryl methyl sites for hydroxylation is 2. The van der Waals surface area contributed by atoms with E-state index in [0.717, 1.165) is 38.9 Å². The van der Waals surface area contributed by atoms with Crippen molar-refractivity contribution in [2.24, 2.45) is 4.99 Å². The summed E-state index contributed by atoms with van der Waals surface area (Å²) < 4.78 is 42.5. The third-order valence-electron chi connectivity index (χ3n) is 6.40. The molecule has 1 aliphatic heterocycles. The van der Waals surface area contributed by atoms with E-state index in [-0.39, 0.29) is 24.1 Å². The van der Waals surface area contributed by atoms with Gasteiger partial charge in [-0.15, -0.1) is 18.3 Å². The predicted molar refractivity (Wildman–Crippen MR) is 161 cm³/mol. The zero-order chi connectivity index (χ0) is 30.4. The van der Waals surface area contributed by atoms with E-state index in [9.17, 15) is 18.0 Å². The molecule has 0 spiro atoms. The number of alkyl halides is 3. The molecule has 0 aliphatic carbocycles. The summed E-state index contributed by atoms with van der Waals surface area (Å²) in [6, 6.07) is 19.1. The van der Waals surface area contributed by atoms with Gasteiger partial charge in [0.05, 0.1) is 12.1 Å². The Morgan fingerprint density at radius 1 is 1.02 bits per heavy atom. The number of hydrogen-bond donors (Lipinski definition) is 0. The minimum absolute atomic E-state index is 0.160. The Balaban J connectivity index is 0.00000198. The van der Waals surface area contributed by atoms with Crippen molar-refractivity contribution < 1.29 is 22.7 Å². The largest absolute Gasteiger partial charge is 0.573 e. The Hall–Kier alpha value is -4.12. The number of nitrogens with zero attached hydrogens (tertiary/aromatic N) is 5. The number of rotatable bonds is 6. The van der Waals surface area contributed by atoms with Crippen LogP contribution < -0.4 is 9.64 Å². The average Bonchev–Trinajstić information content (AvgIpc) is 3.58. The lowest BCUT2D eigenvalue weighted by Crippen LogP contribution is -2.33. The van der Waals surface area contributed by atoms with Crippen molar-refractivity contribution in [1.29, 1.82) is 0 Å². The van der Waals surface area contributed by atoms with Gasteiger partial charge < -0.3 is 9.64 Å². The van der Waals surface area contributed by atoms with E-state index in [1.54, 1.807) is 11.8 Å². The Labute approximate surface area is 247 Å². The molecule has 1 aromatic heterocycles. The van der Waals surface area contributed by atoms with Gasteiger partial charge in [-0.1, -0.05) is 68.1 Å². The van der Waals surface area contributed by atoms with Crippen molar-refractivity contribution in [3.63, 3.8) is 0 Å². The highest BCUT2D eigenvalue weighted by Crippen LogP contribution is 2.35. The lowest BCUT2D eigenvalue weighted by atomic mass is 10.1. The van der Waals surface area contributed by atoms with Gasteiger partial charge in [-0.3, -0.25) is 4.79 Å². The number of hydrogen-bond acceptors (Lipinski definition) is 5. The summed E-state index contributed by atoms with van der Waals surface area (Å²) in [5.41, 5.74) is 5.48. The van der Waals surface area contributed by atoms with Crippen LogP contribution in [0.5, 0.6) is 5.75 Å². The molecule has 0 radical (unpaired) electrons. The molecule has 7 nitrogen and oxygen atoms in total. The number of benzene rings is 3. The Kier molecular flexibility index (Phi) is 9.72. The normalized spacial score (nSPS) is 15.9. The first kappa shape index (κ1) is 30.8. The highest BCUT2D eigenvalue weighted by atomic mass is 32.2. The first-order chi connectivity index (χ1) is 20.1. The van der Waals surface area contributed by atoms with Crippen molar-refractivity contribution in [1.82, 2.24) is 14.8 Å². The number of carbonyl (C=O) groups excluding carboxylic acids is 1. The molecule has 1 amide bonds. The van der Waals surface area contributed by atoms with E-state index >= 15 is 0 Å². The van der Waals surface area contributed by atoms with Crippen LogP contribution in [0.4, 0.5) is 18.9 Å². The third kappa shape index (κ3) is 7.39. The van der Waals surface area contributed by atoms with Gasteiger partial charge in [-0.25, -0.2) is 9.67 Å². The second kappa shape index (κ2) is 13.2. The van der Waals surface area contributed by atoms with Crippen LogP contribution >= 0.6 is 11.8 Å². The van der Waals surface area contributed by atoms with E-state index in [1.165, 1.54) is 35.3 Å². The summed E-state index contributed by atoms with van der Waals surface area (Å²) >= 11 is 1.59. The van der Waals surface area contributed by atoms with Crippen LogP contribution in [0.1, 0.15) is 37.5 Å². The van der Waals surface area contributed by atoms with Gasteiger partial charge in [-0.2, -0.15) is 4.99 Å². The topological polar surface area (TPSA) is 72.6 Å². The van der Waals surface area contributed by atoms with Crippen molar-refractivity contribution in [3.8, 4) is 22.8 Å². The van der Waals surface area contributed by atoms with Crippen molar-refractivity contribution >= 4 is 28.5 Å². The minimum atomic E-state index is -4.75. The van der Waals surface area contributed by atoms with E-state index in [0.29, 0.717) is 11.5 Å². The molecule has 11 heteroatoms. The fraction of sp³-hybridized carbons (Fsp3) is 0.290. The Morgan fingerprint density at radius 3 is 2.29 bits per heavy atom. The monoisotopic (exact) mass is 595 g/mol. The number of amidine groups is 1. The standard InChI is InChI=1S/C29H26F3N5O2S.C2H6/c1-18-5-4-6-19(2)26(18)37-20(3)16-40-28(37)34-25(38)15-21-7-9-22(10-8-21)27-33-17-36(35-27)23-11-13-24(14-12-23)39-29(30,31)32;1-2/h4-14,17,20H,15-16H2,1-3H3;1-2H3. The number of para-hydroxylation sites is 1. The first-order valence-corrected chi connectivity index (χ1v) is 14.5. The molecular formula is C31H32F3N5O2S. The number of thioether (sulfide) groups is 1. The van der Waals surface area contributed by atoms with Crippen LogP contribution in [-0.2, 0) is 11.2 Å². The zero-order valence-electron chi connectivity index (χ0n) is 24.0. The fourth-order valence-corrected chi connectivity index (χ4v) is 5.64. The average molecular weight is 596 g/mol. The summed E-state index contributed by atoms with van der Waals surface area (Å²) in [5, 5.41) is 5.14. The van der Waals surface area contributed by atoms with Gasteiger partial charge in [0, 0.05) is 23.0 Å². The van der Waals surface area contributed by atoms with Crippen LogP contribution in [0.2, 0.25) is 0 Å². The lowest BCUT2D eigenvalue weighted by Gasteiger charge is -2.26. The molecule has 0 N–H and O–H groups in total. The molecule has 1 fully saturated rings. The Bertz CT molecular complexity index is 1530. The number of ether oxygens (including phenoxy) is 1. The van der Waals surface area contributed by atoms with Crippen LogP contribution in [0.3, 0.4) is 0 Å². The third-order valence-corrected chi connectivity index (χ3v) is 7.59. The molecule has 1 unspecified atom stereocenters. The zero-order valence-corrected chi connectivity index (χ0v) is 24.8. The maximum atomic E-state index is 12.9. The Morgan fingerprint density at radius 2 is 1.67 bits per heavy atom. The number of amides is 1. The van der Waals surface area contributed by atoms with E-state index in [4.69, 9.17) is 0 Å². The summed E-state index contributed by atoms with van der Waals surface area (Å²) in [5.74, 6) is 0.765. The number of anilines is 1.